The lowest BCUT2D eigenvalue weighted by Crippen LogP contribution is -2.41. The lowest BCUT2D eigenvalue weighted by Gasteiger charge is -2.20. The maximum absolute atomic E-state index is 11.0. The van der Waals surface area contributed by atoms with E-state index in [2.05, 4.69) is 26.2 Å². The number of hydrogen-bond acceptors (Lipinski definition) is 5. The van der Waals surface area contributed by atoms with Crippen LogP contribution in [0.5, 0.6) is 0 Å². The van der Waals surface area contributed by atoms with Gasteiger partial charge < -0.3 is 15.5 Å². The SMILES string of the molecule is Cc1ccc2c(NCC(C)(O)C(=O)O)c(C#N)cnc2c1Br. The van der Waals surface area contributed by atoms with Gasteiger partial charge in [0, 0.05) is 16.1 Å². The molecule has 114 valence electrons. The van der Waals surface area contributed by atoms with Crippen LogP contribution in [-0.2, 0) is 4.79 Å². The number of fused-ring (bicyclic) bond motifs is 1. The average molecular weight is 364 g/mol. The molecule has 0 radical (unpaired) electrons. The zero-order valence-corrected chi connectivity index (χ0v) is 13.6. The first-order valence-corrected chi connectivity index (χ1v) is 7.25. The minimum absolute atomic E-state index is 0.235. The van der Waals surface area contributed by atoms with Gasteiger partial charge in [-0.05, 0) is 35.3 Å². The summed E-state index contributed by atoms with van der Waals surface area (Å²) in [7, 11) is 0. The number of aliphatic carboxylic acids is 1. The normalized spacial score (nSPS) is 13.4. The Bertz CT molecular complexity index is 797. The van der Waals surface area contributed by atoms with Gasteiger partial charge >= 0.3 is 5.97 Å². The largest absolute Gasteiger partial charge is 0.479 e. The van der Waals surface area contributed by atoms with Gasteiger partial charge in [0.2, 0.25) is 0 Å². The van der Waals surface area contributed by atoms with E-state index in [0.717, 1.165) is 10.0 Å². The van der Waals surface area contributed by atoms with E-state index in [-0.39, 0.29) is 12.1 Å². The molecule has 0 amide bonds. The standard InChI is InChI=1S/C15H14BrN3O3/c1-8-3-4-10-12(19-7-15(2,22)14(20)21)9(5-17)6-18-13(10)11(8)16/h3-4,6,22H,7H2,1-2H3,(H,18,19)(H,20,21). The van der Waals surface area contributed by atoms with Gasteiger partial charge in [-0.2, -0.15) is 5.26 Å². The van der Waals surface area contributed by atoms with Crippen molar-refractivity contribution in [1.29, 1.82) is 5.26 Å². The molecule has 1 unspecified atom stereocenters. The summed E-state index contributed by atoms with van der Waals surface area (Å²) in [4.78, 5) is 15.2. The van der Waals surface area contributed by atoms with Gasteiger partial charge in [-0.25, -0.2) is 4.79 Å². The van der Waals surface area contributed by atoms with Crippen LogP contribution in [0.25, 0.3) is 10.9 Å². The van der Waals surface area contributed by atoms with Crippen LogP contribution in [0.1, 0.15) is 18.1 Å². The molecular weight excluding hydrogens is 350 g/mol. The molecule has 0 aliphatic rings. The van der Waals surface area contributed by atoms with E-state index in [1.54, 1.807) is 6.07 Å². The Kier molecular flexibility index (Phi) is 4.35. The topological polar surface area (TPSA) is 106 Å². The van der Waals surface area contributed by atoms with Crippen molar-refractivity contribution in [1.82, 2.24) is 4.98 Å². The van der Waals surface area contributed by atoms with Crippen molar-refractivity contribution in [3.63, 3.8) is 0 Å². The van der Waals surface area contributed by atoms with E-state index in [0.29, 0.717) is 16.6 Å². The highest BCUT2D eigenvalue weighted by Gasteiger charge is 2.30. The molecule has 0 saturated carbocycles. The van der Waals surface area contributed by atoms with Crippen molar-refractivity contribution in [3.8, 4) is 6.07 Å². The number of nitrogens with one attached hydrogen (secondary N) is 1. The summed E-state index contributed by atoms with van der Waals surface area (Å²) >= 11 is 3.46. The zero-order valence-electron chi connectivity index (χ0n) is 12.0. The third kappa shape index (κ3) is 2.89. The summed E-state index contributed by atoms with van der Waals surface area (Å²) in [6.45, 7) is 2.88. The molecule has 2 rings (SSSR count). The van der Waals surface area contributed by atoms with Gasteiger partial charge in [-0.3, -0.25) is 4.98 Å². The number of pyridine rings is 1. The molecule has 1 atom stereocenters. The Morgan fingerprint density at radius 2 is 2.23 bits per heavy atom. The van der Waals surface area contributed by atoms with E-state index in [4.69, 9.17) is 5.11 Å². The number of nitriles is 1. The summed E-state index contributed by atoms with van der Waals surface area (Å²) in [6.07, 6.45) is 1.42. The van der Waals surface area contributed by atoms with Crippen LogP contribution in [0.15, 0.2) is 22.8 Å². The highest BCUT2D eigenvalue weighted by Crippen LogP contribution is 2.32. The van der Waals surface area contributed by atoms with Gasteiger partial charge in [0.1, 0.15) is 6.07 Å². The molecule has 0 saturated heterocycles. The molecule has 0 aliphatic carbocycles. The van der Waals surface area contributed by atoms with Crippen LogP contribution in [-0.4, -0.2) is 33.3 Å². The smallest absolute Gasteiger partial charge is 0.337 e. The molecular formula is C15H14BrN3O3. The molecule has 3 N–H and O–H groups in total. The number of aryl methyl sites for hydroxylation is 1. The van der Waals surface area contributed by atoms with Gasteiger partial charge in [-0.1, -0.05) is 12.1 Å². The van der Waals surface area contributed by atoms with Crippen molar-refractivity contribution in [2.45, 2.75) is 19.4 Å². The summed E-state index contributed by atoms with van der Waals surface area (Å²) in [5.74, 6) is -1.34. The molecule has 0 fully saturated rings. The Hall–Kier alpha value is -2.17. The molecule has 0 bridgehead atoms. The van der Waals surface area contributed by atoms with E-state index in [1.807, 2.05) is 19.1 Å². The van der Waals surface area contributed by atoms with Crippen molar-refractivity contribution in [2.24, 2.45) is 0 Å². The number of carboxylic acids is 1. The first-order valence-electron chi connectivity index (χ1n) is 6.45. The number of nitrogens with zero attached hydrogens (tertiary/aromatic N) is 2. The molecule has 6 nitrogen and oxygen atoms in total. The predicted octanol–water partition coefficient (Wildman–Crippen LogP) is 2.42. The molecule has 1 aromatic heterocycles. The average Bonchev–Trinajstić information content (AvgIpc) is 2.48. The second-order valence-corrected chi connectivity index (χ2v) is 5.98. The lowest BCUT2D eigenvalue weighted by atomic mass is 10.1. The molecule has 1 heterocycles. The minimum Gasteiger partial charge on any atom is -0.479 e. The van der Waals surface area contributed by atoms with E-state index >= 15 is 0 Å². The van der Waals surface area contributed by atoms with Crippen LogP contribution in [0.3, 0.4) is 0 Å². The third-order valence-electron chi connectivity index (χ3n) is 3.36. The highest BCUT2D eigenvalue weighted by atomic mass is 79.9. The fourth-order valence-corrected chi connectivity index (χ4v) is 2.39. The summed E-state index contributed by atoms with van der Waals surface area (Å²) < 4.78 is 0.808. The summed E-state index contributed by atoms with van der Waals surface area (Å²) in [6, 6.07) is 5.70. The van der Waals surface area contributed by atoms with Crippen molar-refractivity contribution in [3.05, 3.63) is 33.9 Å². The van der Waals surface area contributed by atoms with E-state index < -0.39 is 11.6 Å². The summed E-state index contributed by atoms with van der Waals surface area (Å²) in [5.41, 5.74) is 0.452. The second kappa shape index (κ2) is 5.91. The number of aliphatic hydroxyl groups is 1. The third-order valence-corrected chi connectivity index (χ3v) is 4.36. The zero-order chi connectivity index (χ0) is 16.5. The van der Waals surface area contributed by atoms with Gasteiger partial charge in [0.15, 0.2) is 5.60 Å². The number of anilines is 1. The Labute approximate surface area is 135 Å². The molecule has 7 heteroatoms. The second-order valence-electron chi connectivity index (χ2n) is 5.18. The Balaban J connectivity index is 2.54. The van der Waals surface area contributed by atoms with Crippen LogP contribution in [0.2, 0.25) is 0 Å². The van der Waals surface area contributed by atoms with Crippen LogP contribution in [0, 0.1) is 18.3 Å². The van der Waals surface area contributed by atoms with Crippen molar-refractivity contribution >= 4 is 38.5 Å². The van der Waals surface area contributed by atoms with E-state index in [1.165, 1.54) is 13.1 Å². The number of aromatic nitrogens is 1. The molecule has 0 spiro atoms. The van der Waals surface area contributed by atoms with Crippen molar-refractivity contribution in [2.75, 3.05) is 11.9 Å². The van der Waals surface area contributed by atoms with Crippen LogP contribution in [0.4, 0.5) is 5.69 Å². The van der Waals surface area contributed by atoms with Gasteiger partial charge in [-0.15, -0.1) is 0 Å². The van der Waals surface area contributed by atoms with Crippen molar-refractivity contribution < 1.29 is 15.0 Å². The van der Waals surface area contributed by atoms with E-state index in [9.17, 15) is 15.2 Å². The molecule has 1 aromatic carbocycles. The fraction of sp³-hybridized carbons (Fsp3) is 0.267. The molecule has 0 aliphatic heterocycles. The first-order chi connectivity index (χ1) is 10.3. The number of rotatable bonds is 4. The monoisotopic (exact) mass is 363 g/mol. The summed E-state index contributed by atoms with van der Waals surface area (Å²) in [5, 5.41) is 31.5. The predicted molar refractivity (Wildman–Crippen MR) is 85.6 cm³/mol. The number of halogens is 1. The number of carboxylic acid groups (broad SMARTS) is 1. The quantitative estimate of drug-likeness (QED) is 0.769. The highest BCUT2D eigenvalue weighted by molar-refractivity contribution is 9.10. The molecule has 2 aromatic rings. The maximum Gasteiger partial charge on any atom is 0.337 e. The molecule has 22 heavy (non-hydrogen) atoms. The number of benzene rings is 1. The fourth-order valence-electron chi connectivity index (χ4n) is 1.94. The van der Waals surface area contributed by atoms with Gasteiger partial charge in [0.05, 0.1) is 23.3 Å². The number of carbonyl (C=O) groups is 1. The van der Waals surface area contributed by atoms with Gasteiger partial charge in [0.25, 0.3) is 0 Å². The lowest BCUT2D eigenvalue weighted by molar-refractivity contribution is -0.155. The van der Waals surface area contributed by atoms with Crippen LogP contribution < -0.4 is 5.32 Å². The Morgan fingerprint density at radius 1 is 1.55 bits per heavy atom. The maximum atomic E-state index is 11.0. The minimum atomic E-state index is -1.94. The first kappa shape index (κ1) is 16.2. The Morgan fingerprint density at radius 3 is 2.82 bits per heavy atom. The number of hydrogen-bond donors (Lipinski definition) is 3. The van der Waals surface area contributed by atoms with Crippen LogP contribution >= 0.6 is 15.9 Å².